The maximum Gasteiger partial charge on any atom is 0.269 e. The summed E-state index contributed by atoms with van der Waals surface area (Å²) in [5.41, 5.74) is 1.80. The van der Waals surface area contributed by atoms with Crippen LogP contribution < -0.4 is 5.32 Å². The van der Waals surface area contributed by atoms with Gasteiger partial charge in [-0.15, -0.1) is 0 Å². The predicted octanol–water partition coefficient (Wildman–Crippen LogP) is 3.34. The molecule has 6 heteroatoms. The Bertz CT molecular complexity index is 574. The van der Waals surface area contributed by atoms with Crippen molar-refractivity contribution in [2.24, 2.45) is 0 Å². The van der Waals surface area contributed by atoms with E-state index >= 15 is 0 Å². The molecule has 0 aliphatic rings. The molecule has 0 aliphatic carbocycles. The fourth-order valence-electron chi connectivity index (χ4n) is 2.04. The summed E-state index contributed by atoms with van der Waals surface area (Å²) in [7, 11) is 0. The van der Waals surface area contributed by atoms with Crippen molar-refractivity contribution in [1.29, 1.82) is 0 Å². The molecule has 1 heterocycles. The lowest BCUT2D eigenvalue weighted by Gasteiger charge is -2.19. The number of aromatic nitrogens is 2. The summed E-state index contributed by atoms with van der Waals surface area (Å²) in [6, 6.07) is 6.71. The Hall–Kier alpha value is -2.50. The van der Waals surface area contributed by atoms with Crippen LogP contribution in [-0.4, -0.2) is 14.9 Å². The minimum absolute atomic E-state index is 0.00546. The van der Waals surface area contributed by atoms with Crippen molar-refractivity contribution in [2.45, 2.75) is 25.8 Å². The summed E-state index contributed by atoms with van der Waals surface area (Å²) in [6.07, 6.45) is 6.68. The van der Waals surface area contributed by atoms with Crippen LogP contribution in [0.1, 0.15) is 31.4 Å². The highest BCUT2D eigenvalue weighted by atomic mass is 16.6. The van der Waals surface area contributed by atoms with E-state index in [1.165, 1.54) is 12.4 Å². The smallest absolute Gasteiger partial charge is 0.269 e. The fraction of sp³-hybridized carbons (Fsp3) is 0.286. The molecular weight excluding hydrogens is 256 g/mol. The van der Waals surface area contributed by atoms with Crippen molar-refractivity contribution in [3.63, 3.8) is 0 Å². The molecule has 1 aromatic heterocycles. The number of rotatable bonds is 6. The molecule has 1 N–H and O–H groups in total. The molecule has 2 rings (SSSR count). The number of nitrogens with one attached hydrogen (secondary N) is 1. The lowest BCUT2D eigenvalue weighted by atomic mass is 10.0. The van der Waals surface area contributed by atoms with Crippen molar-refractivity contribution in [3.8, 4) is 0 Å². The van der Waals surface area contributed by atoms with Crippen molar-refractivity contribution in [1.82, 2.24) is 9.97 Å². The van der Waals surface area contributed by atoms with Gasteiger partial charge in [-0.2, -0.15) is 0 Å². The van der Waals surface area contributed by atoms with Gasteiger partial charge in [-0.1, -0.05) is 25.5 Å². The number of hydrogen-bond donors (Lipinski definition) is 1. The van der Waals surface area contributed by atoms with Crippen LogP contribution in [0, 0.1) is 10.1 Å². The molecule has 0 radical (unpaired) electrons. The predicted molar refractivity (Wildman–Crippen MR) is 76.4 cm³/mol. The first-order chi connectivity index (χ1) is 9.70. The molecule has 0 bridgehead atoms. The van der Waals surface area contributed by atoms with E-state index in [9.17, 15) is 10.1 Å². The molecule has 0 amide bonds. The number of nitrogens with zero attached hydrogens (tertiary/aromatic N) is 3. The summed E-state index contributed by atoms with van der Waals surface area (Å²) >= 11 is 0. The lowest BCUT2D eigenvalue weighted by molar-refractivity contribution is -0.384. The van der Waals surface area contributed by atoms with E-state index in [1.54, 1.807) is 24.5 Å². The van der Waals surface area contributed by atoms with Crippen LogP contribution in [0.15, 0.2) is 43.0 Å². The number of benzene rings is 1. The molecular formula is C14H16N4O2. The average molecular weight is 272 g/mol. The molecule has 0 saturated heterocycles. The Labute approximate surface area is 117 Å². The van der Waals surface area contributed by atoms with Gasteiger partial charge in [0, 0.05) is 12.1 Å². The van der Waals surface area contributed by atoms with Crippen LogP contribution in [0.25, 0.3) is 0 Å². The van der Waals surface area contributed by atoms with Gasteiger partial charge in [0.05, 0.1) is 29.0 Å². The zero-order valence-electron chi connectivity index (χ0n) is 11.2. The molecule has 1 aromatic carbocycles. The highest BCUT2D eigenvalue weighted by Gasteiger charge is 2.14. The van der Waals surface area contributed by atoms with E-state index in [0.29, 0.717) is 0 Å². The van der Waals surface area contributed by atoms with Crippen LogP contribution in [0.2, 0.25) is 0 Å². The van der Waals surface area contributed by atoms with Gasteiger partial charge in [0.2, 0.25) is 0 Å². The summed E-state index contributed by atoms with van der Waals surface area (Å²) < 4.78 is 0. The molecule has 1 unspecified atom stereocenters. The standard InChI is InChI=1S/C14H16N4O2/c1-2-4-14(17-12-8-15-10-16-9-12)11-5-3-6-13(7-11)18(19)20/h3,5-10,14,17H,2,4H2,1H3. The van der Waals surface area contributed by atoms with Crippen LogP contribution in [0.4, 0.5) is 11.4 Å². The van der Waals surface area contributed by atoms with E-state index < -0.39 is 0 Å². The molecule has 0 fully saturated rings. The van der Waals surface area contributed by atoms with Gasteiger partial charge in [0.1, 0.15) is 6.33 Å². The van der Waals surface area contributed by atoms with Gasteiger partial charge in [-0.25, -0.2) is 9.97 Å². The molecule has 104 valence electrons. The minimum Gasteiger partial charge on any atom is -0.376 e. The van der Waals surface area contributed by atoms with E-state index in [4.69, 9.17) is 0 Å². The van der Waals surface area contributed by atoms with E-state index in [1.807, 2.05) is 6.07 Å². The Morgan fingerprint density at radius 3 is 2.75 bits per heavy atom. The van der Waals surface area contributed by atoms with Crippen LogP contribution in [0.5, 0.6) is 0 Å². The second-order valence-corrected chi connectivity index (χ2v) is 4.46. The van der Waals surface area contributed by atoms with Crippen LogP contribution >= 0.6 is 0 Å². The van der Waals surface area contributed by atoms with Gasteiger partial charge in [-0.3, -0.25) is 10.1 Å². The highest BCUT2D eigenvalue weighted by Crippen LogP contribution is 2.26. The Morgan fingerprint density at radius 2 is 2.10 bits per heavy atom. The zero-order chi connectivity index (χ0) is 14.4. The number of anilines is 1. The first kappa shape index (κ1) is 13.9. The van der Waals surface area contributed by atoms with Crippen molar-refractivity contribution in [3.05, 3.63) is 58.7 Å². The van der Waals surface area contributed by atoms with Gasteiger partial charge >= 0.3 is 0 Å². The molecule has 20 heavy (non-hydrogen) atoms. The topological polar surface area (TPSA) is 81.0 Å². The minimum atomic E-state index is -0.377. The monoisotopic (exact) mass is 272 g/mol. The molecule has 1 atom stereocenters. The van der Waals surface area contributed by atoms with E-state index in [-0.39, 0.29) is 16.7 Å². The van der Waals surface area contributed by atoms with E-state index in [2.05, 4.69) is 22.2 Å². The Balaban J connectivity index is 2.24. The molecule has 6 nitrogen and oxygen atoms in total. The Morgan fingerprint density at radius 1 is 1.35 bits per heavy atom. The normalized spacial score (nSPS) is 11.8. The maximum absolute atomic E-state index is 10.9. The molecule has 0 spiro atoms. The summed E-state index contributed by atoms with van der Waals surface area (Å²) in [5.74, 6) is 0. The summed E-state index contributed by atoms with van der Waals surface area (Å²) in [6.45, 7) is 2.08. The van der Waals surface area contributed by atoms with E-state index in [0.717, 1.165) is 24.1 Å². The number of nitro benzene ring substituents is 1. The molecule has 0 aliphatic heterocycles. The second-order valence-electron chi connectivity index (χ2n) is 4.46. The van der Waals surface area contributed by atoms with Crippen molar-refractivity contribution >= 4 is 11.4 Å². The van der Waals surface area contributed by atoms with Gasteiger partial charge in [-0.05, 0) is 12.0 Å². The largest absolute Gasteiger partial charge is 0.376 e. The zero-order valence-corrected chi connectivity index (χ0v) is 11.2. The van der Waals surface area contributed by atoms with Crippen molar-refractivity contribution in [2.75, 3.05) is 5.32 Å². The highest BCUT2D eigenvalue weighted by molar-refractivity contribution is 5.43. The second kappa shape index (κ2) is 6.60. The number of hydrogen-bond acceptors (Lipinski definition) is 5. The maximum atomic E-state index is 10.9. The first-order valence-corrected chi connectivity index (χ1v) is 6.46. The summed E-state index contributed by atoms with van der Waals surface area (Å²) in [5, 5.41) is 14.2. The third-order valence-corrected chi connectivity index (χ3v) is 2.96. The third-order valence-electron chi connectivity index (χ3n) is 2.96. The van der Waals surface area contributed by atoms with Crippen molar-refractivity contribution < 1.29 is 4.92 Å². The van der Waals surface area contributed by atoms with Gasteiger partial charge in [0.25, 0.3) is 5.69 Å². The quantitative estimate of drug-likeness (QED) is 0.644. The first-order valence-electron chi connectivity index (χ1n) is 6.46. The Kier molecular flexibility index (Phi) is 4.60. The average Bonchev–Trinajstić information content (AvgIpc) is 2.48. The lowest BCUT2D eigenvalue weighted by Crippen LogP contribution is -2.11. The third kappa shape index (κ3) is 3.50. The van der Waals surface area contributed by atoms with Crippen LogP contribution in [0.3, 0.4) is 0 Å². The molecule has 2 aromatic rings. The fourth-order valence-corrected chi connectivity index (χ4v) is 2.04. The van der Waals surface area contributed by atoms with Gasteiger partial charge in [0.15, 0.2) is 0 Å². The SMILES string of the molecule is CCCC(Nc1cncnc1)c1cccc([N+](=O)[O-])c1. The van der Waals surface area contributed by atoms with Crippen LogP contribution in [-0.2, 0) is 0 Å². The number of non-ortho nitro benzene ring substituents is 1. The number of nitro groups is 1. The summed E-state index contributed by atoms with van der Waals surface area (Å²) in [4.78, 5) is 18.4. The molecule has 0 saturated carbocycles. The van der Waals surface area contributed by atoms with Gasteiger partial charge < -0.3 is 5.32 Å².